The fourth-order valence-corrected chi connectivity index (χ4v) is 6.84. The number of hydrogen-bond acceptors (Lipinski definition) is 0. The van der Waals surface area contributed by atoms with Gasteiger partial charge in [0.05, 0.1) is 0 Å². The Hall–Kier alpha value is -0.0969. The van der Waals surface area contributed by atoms with Crippen molar-refractivity contribution >= 4 is 23.1 Å². The summed E-state index contributed by atoms with van der Waals surface area (Å²) in [6, 6.07) is 9.09. The molecule has 0 aromatic heterocycles. The molecule has 0 nitrogen and oxygen atoms in total. The van der Waals surface area contributed by atoms with E-state index < -0.39 is 20.8 Å². The first-order valence-electron chi connectivity index (χ1n) is 10.7. The van der Waals surface area contributed by atoms with Crippen molar-refractivity contribution in [3.8, 4) is 0 Å². The number of rotatable bonds is 2. The van der Waals surface area contributed by atoms with Crippen LogP contribution in [0.3, 0.4) is 0 Å². The Morgan fingerprint density at radius 1 is 0.833 bits per heavy atom. The van der Waals surface area contributed by atoms with E-state index >= 15 is 0 Å². The average Bonchev–Trinajstić information content (AvgIpc) is 3.34. The van der Waals surface area contributed by atoms with Crippen molar-refractivity contribution in [1.82, 2.24) is 0 Å². The second-order valence-electron chi connectivity index (χ2n) is 9.44. The van der Waals surface area contributed by atoms with Crippen molar-refractivity contribution in [2.45, 2.75) is 45.4 Å². The fraction of sp³-hybridized carbons (Fsp3) is 0.481. The molecule has 0 aliphatic heterocycles. The van der Waals surface area contributed by atoms with Crippen LogP contribution in [-0.2, 0) is 20.8 Å². The first kappa shape index (κ1) is 26.2. The molecule has 1 aromatic carbocycles. The van der Waals surface area contributed by atoms with Crippen molar-refractivity contribution in [3.05, 3.63) is 80.6 Å². The van der Waals surface area contributed by atoms with Gasteiger partial charge in [0.2, 0.25) is 0 Å². The van der Waals surface area contributed by atoms with E-state index in [0.717, 1.165) is 35.5 Å². The van der Waals surface area contributed by atoms with E-state index in [-0.39, 0.29) is 14.9 Å². The monoisotopic (exact) mass is 520 g/mol. The molecule has 0 heterocycles. The molecule has 0 radical (unpaired) electrons. The summed E-state index contributed by atoms with van der Waals surface area (Å²) in [7, 11) is 9.87. The molecule has 6 atom stereocenters. The average molecular weight is 523 g/mol. The van der Waals surface area contributed by atoms with Crippen LogP contribution in [0.25, 0.3) is 6.08 Å². The molecule has 2 fully saturated rings. The Balaban J connectivity index is 0.000000607. The molecule has 0 bridgehead atoms. The zero-order chi connectivity index (χ0) is 19.7. The van der Waals surface area contributed by atoms with Gasteiger partial charge in [-0.3, -0.25) is 0 Å². The molecule has 0 N–H and O–H groups in total. The number of benzene rings is 1. The minimum absolute atomic E-state index is 0. The second-order valence-corrected chi connectivity index (χ2v) is 13.2. The molecule has 3 heteroatoms. The normalized spacial score (nSPS) is 32.4. The van der Waals surface area contributed by atoms with Gasteiger partial charge in [-0.15, -0.1) is 0 Å². The summed E-state index contributed by atoms with van der Waals surface area (Å²) >= 11 is -0.826. The summed E-state index contributed by atoms with van der Waals surface area (Å²) in [4.78, 5) is 0. The van der Waals surface area contributed by atoms with Crippen LogP contribution in [-0.4, -0.2) is 0 Å². The SMILES string of the molecule is CC(C)(C1CCC2C=CC=CC21)C1CCC2c3ccccc3C=CC21.[CH3-].[CH3-].[Cl][Zr+2][Cl]. The summed E-state index contributed by atoms with van der Waals surface area (Å²) in [6.07, 6.45) is 20.1. The van der Waals surface area contributed by atoms with Gasteiger partial charge in [-0.1, -0.05) is 74.6 Å². The molecular weight excluding hydrogens is 486 g/mol. The van der Waals surface area contributed by atoms with Crippen molar-refractivity contribution in [2.75, 3.05) is 0 Å². The molecule has 0 saturated heterocycles. The van der Waals surface area contributed by atoms with Crippen molar-refractivity contribution in [3.63, 3.8) is 0 Å². The molecule has 4 aliphatic rings. The Kier molecular flexibility index (Phi) is 9.73. The third-order valence-corrected chi connectivity index (χ3v) is 8.10. The van der Waals surface area contributed by atoms with E-state index in [9.17, 15) is 0 Å². The molecule has 5 rings (SSSR count). The van der Waals surface area contributed by atoms with E-state index in [1.807, 2.05) is 0 Å². The fourth-order valence-electron chi connectivity index (χ4n) is 6.84. The number of halogens is 2. The first-order valence-corrected chi connectivity index (χ1v) is 17.0. The van der Waals surface area contributed by atoms with E-state index in [1.165, 1.54) is 31.2 Å². The van der Waals surface area contributed by atoms with Crippen LogP contribution < -0.4 is 0 Å². The van der Waals surface area contributed by atoms with E-state index in [0.29, 0.717) is 5.41 Å². The molecule has 162 valence electrons. The van der Waals surface area contributed by atoms with Crippen molar-refractivity contribution in [2.24, 2.45) is 35.0 Å². The quantitative estimate of drug-likeness (QED) is 0.340. The standard InChI is InChI=1S/C25H30.2CH3.2ClH.Zr/c1-25(2,23-15-12-18-8-4-6-10-20(18)23)24-16-14-21-19-9-5-3-7-17(19)11-13-22(21)24;;;;;/h3-11,13,18,20-24H,12,14-16H2,1-2H3;2*1H3;2*1H;/q;2*-1;;;+4/p-2. The summed E-state index contributed by atoms with van der Waals surface area (Å²) in [5, 5.41) is 0. The van der Waals surface area contributed by atoms with Gasteiger partial charge in [-0.2, -0.15) is 0 Å². The van der Waals surface area contributed by atoms with Gasteiger partial charge >= 0.3 is 37.9 Å². The topological polar surface area (TPSA) is 0 Å². The van der Waals surface area contributed by atoms with Crippen LogP contribution >= 0.6 is 17.0 Å². The number of fused-ring (bicyclic) bond motifs is 4. The first-order chi connectivity index (χ1) is 13.6. The molecule has 0 spiro atoms. The number of hydrogen-bond donors (Lipinski definition) is 0. The van der Waals surface area contributed by atoms with Gasteiger partial charge in [0.1, 0.15) is 0 Å². The Bertz CT molecular complexity index is 779. The summed E-state index contributed by atoms with van der Waals surface area (Å²) in [6.45, 7) is 5.18. The van der Waals surface area contributed by atoms with Crippen LogP contribution in [0, 0.1) is 49.9 Å². The van der Waals surface area contributed by atoms with Crippen LogP contribution in [0.4, 0.5) is 0 Å². The van der Waals surface area contributed by atoms with E-state index in [1.54, 1.807) is 5.56 Å². The molecule has 30 heavy (non-hydrogen) atoms. The zero-order valence-electron chi connectivity index (χ0n) is 18.8. The molecule has 2 saturated carbocycles. The van der Waals surface area contributed by atoms with E-state index in [2.05, 4.69) is 74.6 Å². The second kappa shape index (κ2) is 11.2. The molecular formula is C27H36Cl2Zr. The van der Waals surface area contributed by atoms with Crippen LogP contribution in [0.15, 0.2) is 54.6 Å². The third kappa shape index (κ3) is 4.79. The summed E-state index contributed by atoms with van der Waals surface area (Å²) in [5.74, 6) is 4.74. The van der Waals surface area contributed by atoms with E-state index in [4.69, 9.17) is 17.0 Å². The van der Waals surface area contributed by atoms with Gasteiger partial charge in [0.25, 0.3) is 0 Å². The summed E-state index contributed by atoms with van der Waals surface area (Å²) < 4.78 is 0. The molecule has 4 aliphatic carbocycles. The van der Waals surface area contributed by atoms with Crippen LogP contribution in [0.5, 0.6) is 0 Å². The zero-order valence-corrected chi connectivity index (χ0v) is 22.8. The molecule has 1 aromatic rings. The van der Waals surface area contributed by atoms with Crippen LogP contribution in [0.1, 0.15) is 56.6 Å². The van der Waals surface area contributed by atoms with Crippen LogP contribution in [0.2, 0.25) is 0 Å². The van der Waals surface area contributed by atoms with Crippen molar-refractivity contribution < 1.29 is 20.8 Å². The van der Waals surface area contributed by atoms with Gasteiger partial charge in [-0.05, 0) is 77.7 Å². The third-order valence-electron chi connectivity index (χ3n) is 8.10. The number of allylic oxidation sites excluding steroid dienone is 5. The summed E-state index contributed by atoms with van der Waals surface area (Å²) in [5.41, 5.74) is 3.49. The predicted molar refractivity (Wildman–Crippen MR) is 131 cm³/mol. The van der Waals surface area contributed by atoms with Gasteiger partial charge in [0, 0.05) is 0 Å². The van der Waals surface area contributed by atoms with Gasteiger partial charge < -0.3 is 14.9 Å². The maximum atomic E-state index is 4.93. The minimum atomic E-state index is -0.826. The Labute approximate surface area is 203 Å². The van der Waals surface area contributed by atoms with Gasteiger partial charge in [-0.25, -0.2) is 0 Å². The van der Waals surface area contributed by atoms with Crippen molar-refractivity contribution in [1.29, 1.82) is 0 Å². The predicted octanol–water partition coefficient (Wildman–Crippen LogP) is 8.89. The Morgan fingerprint density at radius 3 is 2.23 bits per heavy atom. The Morgan fingerprint density at radius 2 is 1.47 bits per heavy atom. The molecule has 0 amide bonds. The maximum absolute atomic E-state index is 4.93. The van der Waals surface area contributed by atoms with Gasteiger partial charge in [0.15, 0.2) is 0 Å². The molecule has 6 unspecified atom stereocenters.